The number of hydrogen-bond acceptors (Lipinski definition) is 4. The van der Waals surface area contributed by atoms with Crippen LogP contribution in [0.1, 0.15) is 10.6 Å². The minimum atomic E-state index is -4.58. The molecule has 1 aromatic carbocycles. The summed E-state index contributed by atoms with van der Waals surface area (Å²) in [5.41, 5.74) is 1.77. The van der Waals surface area contributed by atoms with Crippen LogP contribution >= 0.6 is 0 Å². The Morgan fingerprint density at radius 3 is 2.30 bits per heavy atom. The lowest BCUT2D eigenvalue weighted by molar-refractivity contribution is 0.0917. The number of sulfonamides is 1. The largest absolute Gasteiger partial charge is 0.459 e. The highest BCUT2D eigenvalue weighted by Crippen LogP contribution is 2.17. The van der Waals surface area contributed by atoms with Crippen LogP contribution < -0.4 is 10.3 Å². The van der Waals surface area contributed by atoms with Gasteiger partial charge in [-0.15, -0.1) is 4.83 Å². The fourth-order valence-corrected chi connectivity index (χ4v) is 2.35. The maximum atomic E-state index is 13.4. The fourth-order valence-electron chi connectivity index (χ4n) is 1.37. The van der Waals surface area contributed by atoms with E-state index in [2.05, 4.69) is 0 Å². The third kappa shape index (κ3) is 2.83. The van der Waals surface area contributed by atoms with Gasteiger partial charge in [-0.05, 0) is 24.3 Å². The molecule has 0 radical (unpaired) electrons. The Balaban J connectivity index is 2.18. The number of furan rings is 1. The maximum absolute atomic E-state index is 13.4. The van der Waals surface area contributed by atoms with Crippen molar-refractivity contribution in [1.29, 1.82) is 0 Å². The van der Waals surface area contributed by atoms with Crippen molar-refractivity contribution in [2.75, 3.05) is 0 Å². The zero-order chi connectivity index (χ0) is 14.8. The molecule has 1 aromatic heterocycles. The van der Waals surface area contributed by atoms with Crippen molar-refractivity contribution in [1.82, 2.24) is 10.3 Å². The van der Waals surface area contributed by atoms with Crippen molar-refractivity contribution < 1.29 is 26.4 Å². The number of carbonyl (C=O) groups excluding carboxylic acids is 1. The van der Waals surface area contributed by atoms with E-state index in [-0.39, 0.29) is 5.76 Å². The molecule has 20 heavy (non-hydrogen) atoms. The molecule has 0 saturated carbocycles. The summed E-state index contributed by atoms with van der Waals surface area (Å²) in [6.07, 6.45) is 1.21. The van der Waals surface area contributed by atoms with Gasteiger partial charge in [0.2, 0.25) is 0 Å². The van der Waals surface area contributed by atoms with Crippen LogP contribution in [0.2, 0.25) is 0 Å². The lowest BCUT2D eigenvalue weighted by Crippen LogP contribution is -2.42. The number of amides is 1. The van der Waals surface area contributed by atoms with Gasteiger partial charge in [0.05, 0.1) is 6.26 Å². The van der Waals surface area contributed by atoms with Crippen molar-refractivity contribution in [2.45, 2.75) is 4.90 Å². The Kier molecular flexibility index (Phi) is 3.81. The second-order valence-electron chi connectivity index (χ2n) is 3.59. The second-order valence-corrected chi connectivity index (χ2v) is 5.21. The minimum absolute atomic E-state index is 0.165. The Labute approximate surface area is 112 Å². The van der Waals surface area contributed by atoms with Crippen LogP contribution in [0.15, 0.2) is 45.9 Å². The van der Waals surface area contributed by atoms with E-state index in [1.54, 1.807) is 10.3 Å². The number of hydrogen-bond donors (Lipinski definition) is 2. The zero-order valence-corrected chi connectivity index (χ0v) is 10.6. The van der Waals surface area contributed by atoms with Gasteiger partial charge in [0, 0.05) is 0 Å². The Hall–Kier alpha value is -2.26. The zero-order valence-electron chi connectivity index (χ0n) is 9.76. The third-order valence-electron chi connectivity index (χ3n) is 2.23. The number of benzene rings is 1. The average Bonchev–Trinajstić information content (AvgIpc) is 2.89. The highest BCUT2D eigenvalue weighted by Gasteiger charge is 2.24. The monoisotopic (exact) mass is 302 g/mol. The van der Waals surface area contributed by atoms with Gasteiger partial charge >= 0.3 is 5.91 Å². The SMILES string of the molecule is O=C(NNS(=O)(=O)c1c(F)cccc1F)c1ccco1. The maximum Gasteiger partial charge on any atom is 0.301 e. The number of carbonyl (C=O) groups is 1. The fraction of sp³-hybridized carbons (Fsp3) is 0. The summed E-state index contributed by atoms with van der Waals surface area (Å²) < 4.78 is 54.8. The average molecular weight is 302 g/mol. The number of hydrazine groups is 1. The lowest BCUT2D eigenvalue weighted by atomic mass is 10.3. The van der Waals surface area contributed by atoms with Crippen LogP contribution in [-0.2, 0) is 10.0 Å². The summed E-state index contributed by atoms with van der Waals surface area (Å²) in [6, 6.07) is 5.29. The van der Waals surface area contributed by atoms with Crippen molar-refractivity contribution in [2.24, 2.45) is 0 Å². The second kappa shape index (κ2) is 5.39. The van der Waals surface area contributed by atoms with E-state index in [0.717, 1.165) is 18.2 Å². The highest BCUT2D eigenvalue weighted by molar-refractivity contribution is 7.89. The molecule has 1 heterocycles. The predicted octanol–water partition coefficient (Wildman–Crippen LogP) is 1.18. The quantitative estimate of drug-likeness (QED) is 0.830. The topological polar surface area (TPSA) is 88.4 Å². The van der Waals surface area contributed by atoms with Gasteiger partial charge in [-0.1, -0.05) is 6.07 Å². The third-order valence-corrected chi connectivity index (χ3v) is 3.53. The molecule has 0 aliphatic heterocycles. The summed E-state index contributed by atoms with van der Waals surface area (Å²) in [4.78, 5) is 11.8. The molecule has 0 aliphatic rings. The van der Waals surface area contributed by atoms with Crippen molar-refractivity contribution in [3.63, 3.8) is 0 Å². The predicted molar refractivity (Wildman–Crippen MR) is 62.9 cm³/mol. The van der Waals surface area contributed by atoms with Crippen molar-refractivity contribution in [3.8, 4) is 0 Å². The number of nitrogens with one attached hydrogen (secondary N) is 2. The normalized spacial score (nSPS) is 11.3. The number of halogens is 2. The van der Waals surface area contributed by atoms with Crippen LogP contribution in [0.4, 0.5) is 8.78 Å². The van der Waals surface area contributed by atoms with Crippen LogP contribution in [0.25, 0.3) is 0 Å². The van der Waals surface area contributed by atoms with Crippen LogP contribution in [0.5, 0.6) is 0 Å². The molecule has 6 nitrogen and oxygen atoms in total. The van der Waals surface area contributed by atoms with Gasteiger partial charge in [-0.2, -0.15) is 0 Å². The van der Waals surface area contributed by atoms with Gasteiger partial charge in [0.15, 0.2) is 10.7 Å². The molecule has 0 atom stereocenters. The van der Waals surface area contributed by atoms with E-state index in [1.165, 1.54) is 18.4 Å². The summed E-state index contributed by atoms with van der Waals surface area (Å²) in [7, 11) is -4.58. The highest BCUT2D eigenvalue weighted by atomic mass is 32.2. The first-order valence-electron chi connectivity index (χ1n) is 5.21. The first-order valence-corrected chi connectivity index (χ1v) is 6.70. The van der Waals surface area contributed by atoms with Crippen LogP contribution in [0, 0.1) is 11.6 Å². The number of rotatable bonds is 4. The van der Waals surface area contributed by atoms with E-state index in [1.807, 2.05) is 0 Å². The van der Waals surface area contributed by atoms with E-state index < -0.39 is 32.5 Å². The molecule has 2 N–H and O–H groups in total. The molecule has 2 aromatic rings. The molecule has 106 valence electrons. The first kappa shape index (κ1) is 14.2. The molecule has 9 heteroatoms. The van der Waals surface area contributed by atoms with Crippen LogP contribution in [-0.4, -0.2) is 14.3 Å². The molecule has 2 rings (SSSR count). The smallest absolute Gasteiger partial charge is 0.301 e. The van der Waals surface area contributed by atoms with Gasteiger partial charge < -0.3 is 4.42 Å². The molecule has 0 bridgehead atoms. The summed E-state index contributed by atoms with van der Waals surface area (Å²) >= 11 is 0. The standard InChI is InChI=1S/C11H8F2N2O4S/c12-7-3-1-4-8(13)10(7)20(17,18)15-14-11(16)9-5-2-6-19-9/h1-6,15H,(H,14,16). The summed E-state index contributed by atoms with van der Waals surface area (Å²) in [6.45, 7) is 0. The van der Waals surface area contributed by atoms with E-state index in [0.29, 0.717) is 0 Å². The van der Waals surface area contributed by atoms with Gasteiger partial charge in [-0.3, -0.25) is 10.2 Å². The molecular weight excluding hydrogens is 294 g/mol. The summed E-state index contributed by atoms with van der Waals surface area (Å²) in [5, 5.41) is 0. The van der Waals surface area contributed by atoms with Crippen LogP contribution in [0.3, 0.4) is 0 Å². The lowest BCUT2D eigenvalue weighted by Gasteiger charge is -2.08. The van der Waals surface area contributed by atoms with Crippen molar-refractivity contribution >= 4 is 15.9 Å². The van der Waals surface area contributed by atoms with E-state index in [9.17, 15) is 22.0 Å². The van der Waals surface area contributed by atoms with Crippen molar-refractivity contribution in [3.05, 3.63) is 54.0 Å². The van der Waals surface area contributed by atoms with E-state index in [4.69, 9.17) is 4.42 Å². The minimum Gasteiger partial charge on any atom is -0.459 e. The molecule has 1 amide bonds. The van der Waals surface area contributed by atoms with Gasteiger partial charge in [-0.25, -0.2) is 17.2 Å². The molecule has 0 unspecified atom stereocenters. The Morgan fingerprint density at radius 2 is 1.75 bits per heavy atom. The Bertz CT molecular complexity index is 709. The molecule has 0 spiro atoms. The van der Waals surface area contributed by atoms with E-state index >= 15 is 0 Å². The molecule has 0 saturated heterocycles. The molecule has 0 fully saturated rings. The molecular formula is C11H8F2N2O4S. The van der Waals surface area contributed by atoms with Gasteiger partial charge in [0.1, 0.15) is 11.6 Å². The summed E-state index contributed by atoms with van der Waals surface area (Å²) in [5.74, 6) is -3.62. The van der Waals surface area contributed by atoms with Gasteiger partial charge in [0.25, 0.3) is 10.0 Å². The Morgan fingerprint density at radius 1 is 1.10 bits per heavy atom. The first-order chi connectivity index (χ1) is 9.42. The molecule has 0 aliphatic carbocycles.